The summed E-state index contributed by atoms with van der Waals surface area (Å²) in [5.74, 6) is 0.980. The molecular formula is C74H59N. The third-order valence-electron chi connectivity index (χ3n) is 17.1. The number of anilines is 3. The summed E-state index contributed by atoms with van der Waals surface area (Å²) in [6.07, 6.45) is 14.5. The number of benzene rings is 11. The number of para-hydroxylation sites is 3. The Labute approximate surface area is 441 Å². The van der Waals surface area contributed by atoms with Gasteiger partial charge < -0.3 is 4.90 Å². The second-order valence-electron chi connectivity index (χ2n) is 21.3. The molecule has 2 atom stereocenters. The summed E-state index contributed by atoms with van der Waals surface area (Å²) in [5, 5.41) is 7.72. The number of rotatable bonds is 9. The van der Waals surface area contributed by atoms with Gasteiger partial charge in [-0.15, -0.1) is 0 Å². The first-order valence-electron chi connectivity index (χ1n) is 27.3. The number of hydrogen-bond donors (Lipinski definition) is 0. The lowest BCUT2D eigenvalue weighted by Crippen LogP contribution is -2.31. The van der Waals surface area contributed by atoms with Crippen LogP contribution in [0.2, 0.25) is 0 Å². The zero-order valence-corrected chi connectivity index (χ0v) is 42.6. The third-order valence-corrected chi connectivity index (χ3v) is 17.1. The van der Waals surface area contributed by atoms with Crippen LogP contribution in [0.25, 0.3) is 76.8 Å². The Morgan fingerprint density at radius 3 is 1.79 bits per heavy atom. The molecule has 75 heavy (non-hydrogen) atoms. The molecule has 0 aromatic heterocycles. The highest BCUT2D eigenvalue weighted by atomic mass is 15.1. The number of fused-ring (bicyclic) bond motifs is 7. The average Bonchev–Trinajstić information content (AvgIpc) is 3.78. The van der Waals surface area contributed by atoms with Crippen LogP contribution in [0.15, 0.2) is 260 Å². The molecule has 1 fully saturated rings. The molecule has 0 heterocycles. The topological polar surface area (TPSA) is 3.24 Å². The molecule has 14 rings (SSSR count). The molecule has 1 heteroatoms. The Morgan fingerprint density at radius 1 is 0.413 bits per heavy atom. The van der Waals surface area contributed by atoms with Crippen molar-refractivity contribution in [3.8, 4) is 44.5 Å². The number of allylic oxidation sites excluding steroid dienone is 4. The van der Waals surface area contributed by atoms with Crippen LogP contribution in [-0.2, 0) is 5.41 Å². The highest BCUT2D eigenvalue weighted by Gasteiger charge is 2.47. The Kier molecular flexibility index (Phi) is 11.3. The predicted octanol–water partition coefficient (Wildman–Crippen LogP) is 20.5. The summed E-state index contributed by atoms with van der Waals surface area (Å²) in [5.41, 5.74) is 19.8. The average molecular weight is 962 g/mol. The fourth-order valence-electron chi connectivity index (χ4n) is 13.8. The third kappa shape index (κ3) is 7.43. The van der Waals surface area contributed by atoms with E-state index in [-0.39, 0.29) is 0 Å². The molecule has 0 radical (unpaired) electrons. The zero-order valence-electron chi connectivity index (χ0n) is 42.6. The number of hydrogen-bond acceptors (Lipinski definition) is 1. The molecule has 0 saturated heterocycles. The van der Waals surface area contributed by atoms with E-state index in [4.69, 9.17) is 0 Å². The Bertz CT molecular complexity index is 4050. The van der Waals surface area contributed by atoms with E-state index in [9.17, 15) is 0 Å². The molecule has 0 bridgehead atoms. The van der Waals surface area contributed by atoms with Crippen LogP contribution in [0, 0.1) is 5.92 Å². The minimum absolute atomic E-state index is 0.431. The highest BCUT2D eigenvalue weighted by molar-refractivity contribution is 6.14. The Hall–Kier alpha value is -8.52. The molecule has 3 aliphatic rings. The lowest BCUT2D eigenvalue weighted by molar-refractivity contribution is 0.445. The molecule has 1 nitrogen and oxygen atoms in total. The van der Waals surface area contributed by atoms with Crippen LogP contribution in [0.4, 0.5) is 17.1 Å². The van der Waals surface area contributed by atoms with Crippen LogP contribution in [0.1, 0.15) is 73.6 Å². The monoisotopic (exact) mass is 961 g/mol. The van der Waals surface area contributed by atoms with E-state index >= 15 is 0 Å². The van der Waals surface area contributed by atoms with Crippen molar-refractivity contribution in [3.63, 3.8) is 0 Å². The maximum atomic E-state index is 2.60. The van der Waals surface area contributed by atoms with E-state index in [1.54, 1.807) is 0 Å². The SMILES string of the molecule is CC1C=CC=C(C2(c3ccccc3)c3ccccc3-c3ccc(-c4ccccc4N(c4ccccc4-c4cccc5c4ccc4ccccc45)c4ccccc4-c4cccc5cccc(C6CCCCC6)c45)cc32)C1. The maximum Gasteiger partial charge on any atom is 0.0676 e. The van der Waals surface area contributed by atoms with E-state index < -0.39 is 5.41 Å². The van der Waals surface area contributed by atoms with Crippen LogP contribution < -0.4 is 4.90 Å². The highest BCUT2D eigenvalue weighted by Crippen LogP contribution is 2.59. The van der Waals surface area contributed by atoms with Crippen molar-refractivity contribution < 1.29 is 0 Å². The summed E-state index contributed by atoms with van der Waals surface area (Å²) >= 11 is 0. The quantitative estimate of drug-likeness (QED) is 0.130. The molecule has 3 aliphatic carbocycles. The second-order valence-corrected chi connectivity index (χ2v) is 21.3. The van der Waals surface area contributed by atoms with Crippen LogP contribution in [-0.4, -0.2) is 0 Å². The van der Waals surface area contributed by atoms with Gasteiger partial charge in [0.25, 0.3) is 0 Å². The molecule has 11 aromatic carbocycles. The smallest absolute Gasteiger partial charge is 0.0676 e. The Balaban J connectivity index is 1.04. The van der Waals surface area contributed by atoms with Gasteiger partial charge in [-0.1, -0.05) is 262 Å². The van der Waals surface area contributed by atoms with Crippen LogP contribution in [0.5, 0.6) is 0 Å². The molecule has 360 valence electrons. The molecule has 11 aromatic rings. The van der Waals surface area contributed by atoms with Crippen molar-refractivity contribution in [2.45, 2.75) is 56.8 Å². The van der Waals surface area contributed by atoms with Gasteiger partial charge in [0.05, 0.1) is 22.5 Å². The molecule has 2 unspecified atom stereocenters. The van der Waals surface area contributed by atoms with Crippen molar-refractivity contribution in [1.82, 2.24) is 0 Å². The molecule has 0 N–H and O–H groups in total. The van der Waals surface area contributed by atoms with Crippen molar-refractivity contribution >= 4 is 49.4 Å². The van der Waals surface area contributed by atoms with Crippen molar-refractivity contribution in [2.24, 2.45) is 5.92 Å². The van der Waals surface area contributed by atoms with Gasteiger partial charge in [0.2, 0.25) is 0 Å². The number of nitrogens with zero attached hydrogens (tertiary/aromatic N) is 1. The molecule has 1 saturated carbocycles. The molecular weight excluding hydrogens is 903 g/mol. The summed E-state index contributed by atoms with van der Waals surface area (Å²) in [4.78, 5) is 2.60. The van der Waals surface area contributed by atoms with Gasteiger partial charge in [0, 0.05) is 16.7 Å². The van der Waals surface area contributed by atoms with E-state index in [1.807, 2.05) is 0 Å². The minimum atomic E-state index is -0.459. The second kappa shape index (κ2) is 18.8. The first-order chi connectivity index (χ1) is 37.1. The van der Waals surface area contributed by atoms with Gasteiger partial charge in [-0.25, -0.2) is 0 Å². The van der Waals surface area contributed by atoms with Gasteiger partial charge in [0.15, 0.2) is 0 Å². The zero-order chi connectivity index (χ0) is 49.9. The maximum absolute atomic E-state index is 2.60. The van der Waals surface area contributed by atoms with E-state index in [2.05, 4.69) is 267 Å². The summed E-state index contributed by atoms with van der Waals surface area (Å²) in [6, 6.07) is 89.7. The van der Waals surface area contributed by atoms with Crippen LogP contribution in [0.3, 0.4) is 0 Å². The van der Waals surface area contributed by atoms with Crippen molar-refractivity contribution in [1.29, 1.82) is 0 Å². The largest absolute Gasteiger partial charge is 0.309 e. The lowest BCUT2D eigenvalue weighted by atomic mass is 9.64. The van der Waals surface area contributed by atoms with Gasteiger partial charge in [0.1, 0.15) is 0 Å². The summed E-state index contributed by atoms with van der Waals surface area (Å²) in [7, 11) is 0. The van der Waals surface area contributed by atoms with E-state index in [1.165, 1.54) is 137 Å². The van der Waals surface area contributed by atoms with Gasteiger partial charge in [-0.3, -0.25) is 0 Å². The molecule has 0 aliphatic heterocycles. The normalized spacial score (nSPS) is 17.2. The van der Waals surface area contributed by atoms with Crippen molar-refractivity contribution in [3.05, 3.63) is 283 Å². The predicted molar refractivity (Wildman–Crippen MR) is 319 cm³/mol. The minimum Gasteiger partial charge on any atom is -0.309 e. The van der Waals surface area contributed by atoms with Gasteiger partial charge in [-0.2, -0.15) is 0 Å². The van der Waals surface area contributed by atoms with Gasteiger partial charge >= 0.3 is 0 Å². The fraction of sp³-hybridized carbons (Fsp3) is 0.135. The molecule has 0 spiro atoms. The standard InChI is InChI=1S/C74H59N/c1-50-22-18-30-56(48-50)74(55-28-6-3-7-29-55)68-40-14-10-33-63(68)64-47-45-54(49-69(64)74)58-32-11-15-41-70(58)75(71-42-16-12-34-65(71)61-38-21-37-60-57-31-9-8-25-52(57)44-46-62(60)61)72-43-17-13-35-66(72)67-39-20-27-53-26-19-36-59(73(53)67)51-23-4-2-5-24-51/h3,6-22,25-47,49-51H,2,4-5,23-24,48H2,1H3. The summed E-state index contributed by atoms with van der Waals surface area (Å²) in [6.45, 7) is 2.36. The Morgan fingerprint density at radius 2 is 1.00 bits per heavy atom. The molecule has 0 amide bonds. The fourth-order valence-corrected chi connectivity index (χ4v) is 13.8. The lowest BCUT2D eigenvalue weighted by Gasteiger charge is -2.38. The van der Waals surface area contributed by atoms with Crippen LogP contribution >= 0.6 is 0 Å². The van der Waals surface area contributed by atoms with Crippen molar-refractivity contribution in [2.75, 3.05) is 4.90 Å². The van der Waals surface area contributed by atoms with E-state index in [0.29, 0.717) is 11.8 Å². The van der Waals surface area contributed by atoms with Gasteiger partial charge in [-0.05, 0) is 138 Å². The summed E-state index contributed by atoms with van der Waals surface area (Å²) < 4.78 is 0. The van der Waals surface area contributed by atoms with E-state index in [0.717, 1.165) is 23.5 Å². The first-order valence-corrected chi connectivity index (χ1v) is 27.3. The first kappa shape index (κ1) is 45.1.